The van der Waals surface area contributed by atoms with Gasteiger partial charge >= 0.3 is 0 Å². The molecule has 2 nitrogen and oxygen atoms in total. The lowest BCUT2D eigenvalue weighted by atomic mass is 10.1. The van der Waals surface area contributed by atoms with E-state index in [1.54, 1.807) is 11.8 Å². The SMILES string of the molecule is C[C@H](CCc1ccccc1)NC(=O)[C@@H](C)SCc1ccccc1. The lowest BCUT2D eigenvalue weighted by Gasteiger charge is -2.17. The number of hydrogen-bond acceptors (Lipinski definition) is 2. The fraction of sp³-hybridized carbons (Fsp3) is 0.350. The minimum atomic E-state index is -0.0330. The number of nitrogens with one attached hydrogen (secondary N) is 1. The molecule has 0 heterocycles. The number of aryl methyl sites for hydroxylation is 1. The van der Waals surface area contributed by atoms with Crippen LogP contribution in [0.15, 0.2) is 60.7 Å². The number of carbonyl (C=O) groups is 1. The van der Waals surface area contributed by atoms with Crippen LogP contribution < -0.4 is 5.32 Å². The normalized spacial score (nSPS) is 13.3. The van der Waals surface area contributed by atoms with Gasteiger partial charge in [-0.15, -0.1) is 11.8 Å². The predicted octanol–water partition coefficient (Wildman–Crippen LogP) is 4.45. The second-order valence-corrected chi connectivity index (χ2v) is 7.20. The first-order valence-electron chi connectivity index (χ1n) is 8.15. The van der Waals surface area contributed by atoms with Crippen molar-refractivity contribution < 1.29 is 4.79 Å². The van der Waals surface area contributed by atoms with E-state index in [1.807, 2.05) is 31.2 Å². The topological polar surface area (TPSA) is 29.1 Å². The van der Waals surface area contributed by atoms with Crippen molar-refractivity contribution in [1.29, 1.82) is 0 Å². The Kier molecular flexibility index (Phi) is 7.21. The minimum absolute atomic E-state index is 0.0330. The molecular formula is C20H25NOS. The molecular weight excluding hydrogens is 302 g/mol. The third-order valence-corrected chi connectivity index (χ3v) is 5.02. The molecule has 0 fully saturated rings. The van der Waals surface area contributed by atoms with Crippen LogP contribution in [0, 0.1) is 0 Å². The van der Waals surface area contributed by atoms with E-state index in [0.29, 0.717) is 0 Å². The van der Waals surface area contributed by atoms with Crippen LogP contribution in [0.4, 0.5) is 0 Å². The van der Waals surface area contributed by atoms with Crippen LogP contribution in [0.25, 0.3) is 0 Å². The Balaban J connectivity index is 1.70. The van der Waals surface area contributed by atoms with Gasteiger partial charge in [0.2, 0.25) is 5.91 Å². The van der Waals surface area contributed by atoms with E-state index < -0.39 is 0 Å². The van der Waals surface area contributed by atoms with Gasteiger partial charge in [-0.2, -0.15) is 0 Å². The number of thioether (sulfide) groups is 1. The molecule has 2 rings (SSSR count). The summed E-state index contributed by atoms with van der Waals surface area (Å²) in [6.45, 7) is 4.06. The highest BCUT2D eigenvalue weighted by atomic mass is 32.2. The van der Waals surface area contributed by atoms with Crippen LogP contribution in [0.1, 0.15) is 31.4 Å². The van der Waals surface area contributed by atoms with Gasteiger partial charge in [0.15, 0.2) is 0 Å². The van der Waals surface area contributed by atoms with Crippen LogP contribution >= 0.6 is 11.8 Å². The zero-order valence-electron chi connectivity index (χ0n) is 13.9. The lowest BCUT2D eigenvalue weighted by molar-refractivity contribution is -0.120. The van der Waals surface area contributed by atoms with Crippen molar-refractivity contribution in [2.75, 3.05) is 0 Å². The maximum Gasteiger partial charge on any atom is 0.233 e. The Hall–Kier alpha value is -1.74. The Morgan fingerprint density at radius 3 is 2.13 bits per heavy atom. The summed E-state index contributed by atoms with van der Waals surface area (Å²) in [6, 6.07) is 20.9. The number of benzene rings is 2. The molecule has 3 heteroatoms. The van der Waals surface area contributed by atoms with Gasteiger partial charge in [0.05, 0.1) is 5.25 Å². The number of hydrogen-bond donors (Lipinski definition) is 1. The largest absolute Gasteiger partial charge is 0.353 e. The second-order valence-electron chi connectivity index (χ2n) is 5.87. The molecule has 0 saturated heterocycles. The van der Waals surface area contributed by atoms with E-state index in [4.69, 9.17) is 0 Å². The summed E-state index contributed by atoms with van der Waals surface area (Å²) in [5.74, 6) is 1.000. The highest BCUT2D eigenvalue weighted by Gasteiger charge is 2.15. The molecule has 0 unspecified atom stereocenters. The summed E-state index contributed by atoms with van der Waals surface area (Å²) in [5.41, 5.74) is 2.58. The average molecular weight is 327 g/mol. The molecule has 0 aromatic heterocycles. The molecule has 0 radical (unpaired) electrons. The van der Waals surface area contributed by atoms with E-state index in [2.05, 4.69) is 48.6 Å². The monoisotopic (exact) mass is 327 g/mol. The maximum atomic E-state index is 12.3. The molecule has 2 atom stereocenters. The van der Waals surface area contributed by atoms with Crippen molar-refractivity contribution in [2.45, 2.75) is 43.7 Å². The molecule has 2 aromatic rings. The Bertz CT molecular complexity index is 585. The lowest BCUT2D eigenvalue weighted by Crippen LogP contribution is -2.37. The molecule has 0 aliphatic carbocycles. The summed E-state index contributed by atoms with van der Waals surface area (Å²) in [5, 5.41) is 3.09. The van der Waals surface area contributed by atoms with Gasteiger partial charge in [-0.25, -0.2) is 0 Å². The summed E-state index contributed by atoms with van der Waals surface area (Å²) in [6.07, 6.45) is 1.96. The number of carbonyl (C=O) groups excluding carboxylic acids is 1. The van der Waals surface area contributed by atoms with Crippen molar-refractivity contribution in [1.82, 2.24) is 5.32 Å². The predicted molar refractivity (Wildman–Crippen MR) is 99.6 cm³/mol. The van der Waals surface area contributed by atoms with Crippen LogP contribution in [0.3, 0.4) is 0 Å². The molecule has 1 N–H and O–H groups in total. The molecule has 122 valence electrons. The van der Waals surface area contributed by atoms with Gasteiger partial charge in [-0.1, -0.05) is 60.7 Å². The standard InChI is InChI=1S/C20H25NOS/c1-16(13-14-18-9-5-3-6-10-18)21-20(22)17(2)23-15-19-11-7-4-8-12-19/h3-12,16-17H,13-15H2,1-2H3,(H,21,22)/t16-,17-/m1/s1. The van der Waals surface area contributed by atoms with Crippen molar-refractivity contribution in [2.24, 2.45) is 0 Å². The highest BCUT2D eigenvalue weighted by molar-refractivity contribution is 7.99. The number of amides is 1. The van der Waals surface area contributed by atoms with Crippen molar-refractivity contribution in [3.05, 3.63) is 71.8 Å². The van der Waals surface area contributed by atoms with Gasteiger partial charge in [-0.05, 0) is 37.8 Å². The molecule has 0 saturated carbocycles. The van der Waals surface area contributed by atoms with E-state index >= 15 is 0 Å². The minimum Gasteiger partial charge on any atom is -0.353 e. The Morgan fingerprint density at radius 2 is 1.52 bits per heavy atom. The van der Waals surface area contributed by atoms with Gasteiger partial charge in [0.1, 0.15) is 0 Å². The summed E-state index contributed by atoms with van der Waals surface area (Å²) < 4.78 is 0. The third kappa shape index (κ3) is 6.49. The van der Waals surface area contributed by atoms with Gasteiger partial charge in [0, 0.05) is 11.8 Å². The van der Waals surface area contributed by atoms with E-state index in [0.717, 1.165) is 18.6 Å². The van der Waals surface area contributed by atoms with Crippen LogP contribution in [0.5, 0.6) is 0 Å². The maximum absolute atomic E-state index is 12.3. The summed E-state index contributed by atoms with van der Waals surface area (Å²) in [7, 11) is 0. The average Bonchev–Trinajstić information content (AvgIpc) is 2.59. The zero-order chi connectivity index (χ0) is 16.5. The van der Waals surface area contributed by atoms with E-state index in [-0.39, 0.29) is 17.2 Å². The Morgan fingerprint density at radius 1 is 0.957 bits per heavy atom. The first-order chi connectivity index (χ1) is 11.1. The highest BCUT2D eigenvalue weighted by Crippen LogP contribution is 2.18. The van der Waals surface area contributed by atoms with Crippen LogP contribution in [-0.4, -0.2) is 17.2 Å². The third-order valence-electron chi connectivity index (χ3n) is 3.81. The smallest absolute Gasteiger partial charge is 0.233 e. The Labute approximate surface area is 143 Å². The van der Waals surface area contributed by atoms with Gasteiger partial charge in [0.25, 0.3) is 0 Å². The fourth-order valence-electron chi connectivity index (χ4n) is 2.33. The molecule has 0 aliphatic rings. The molecule has 0 aliphatic heterocycles. The molecule has 2 aromatic carbocycles. The molecule has 0 bridgehead atoms. The first-order valence-corrected chi connectivity index (χ1v) is 9.20. The second kappa shape index (κ2) is 9.41. The van der Waals surface area contributed by atoms with Gasteiger partial charge in [-0.3, -0.25) is 4.79 Å². The first kappa shape index (κ1) is 17.6. The number of rotatable bonds is 8. The fourth-order valence-corrected chi connectivity index (χ4v) is 3.19. The van der Waals surface area contributed by atoms with Crippen LogP contribution in [-0.2, 0) is 17.0 Å². The van der Waals surface area contributed by atoms with Gasteiger partial charge < -0.3 is 5.32 Å². The summed E-state index contributed by atoms with van der Waals surface area (Å²) >= 11 is 1.68. The van der Waals surface area contributed by atoms with Crippen LogP contribution in [0.2, 0.25) is 0 Å². The van der Waals surface area contributed by atoms with Crippen molar-refractivity contribution in [3.8, 4) is 0 Å². The van der Waals surface area contributed by atoms with E-state index in [9.17, 15) is 4.79 Å². The molecule has 0 spiro atoms. The molecule has 1 amide bonds. The van der Waals surface area contributed by atoms with E-state index in [1.165, 1.54) is 11.1 Å². The van der Waals surface area contributed by atoms with Crippen molar-refractivity contribution in [3.63, 3.8) is 0 Å². The zero-order valence-corrected chi connectivity index (χ0v) is 14.7. The molecule has 23 heavy (non-hydrogen) atoms. The summed E-state index contributed by atoms with van der Waals surface area (Å²) in [4.78, 5) is 12.3. The quantitative estimate of drug-likeness (QED) is 0.776. The van der Waals surface area contributed by atoms with Crippen molar-refractivity contribution >= 4 is 17.7 Å².